The van der Waals surface area contributed by atoms with Crippen LogP contribution in [0.25, 0.3) is 0 Å². The number of piperidine rings is 1. The van der Waals surface area contributed by atoms with Gasteiger partial charge in [-0.05, 0) is 43.7 Å². The first-order valence-electron chi connectivity index (χ1n) is 10.3. The van der Waals surface area contributed by atoms with Gasteiger partial charge in [-0.15, -0.1) is 0 Å². The zero-order chi connectivity index (χ0) is 22.0. The number of benzene rings is 2. The van der Waals surface area contributed by atoms with Crippen molar-refractivity contribution in [1.82, 2.24) is 4.90 Å². The quantitative estimate of drug-likeness (QED) is 0.638. The van der Waals surface area contributed by atoms with E-state index in [2.05, 4.69) is 4.90 Å². The molecule has 164 valence electrons. The Balaban J connectivity index is 1.52. The number of amides is 1. The van der Waals surface area contributed by atoms with Gasteiger partial charge in [0.2, 0.25) is 12.0 Å². The van der Waals surface area contributed by atoms with Crippen LogP contribution in [0.2, 0.25) is 10.0 Å². The molecule has 0 aliphatic carbocycles. The second-order valence-corrected chi connectivity index (χ2v) is 8.64. The van der Waals surface area contributed by atoms with Gasteiger partial charge in [0.25, 0.3) is 0 Å². The third-order valence-corrected chi connectivity index (χ3v) is 6.51. The minimum Gasteiger partial charge on any atom is -0.475 e. The molecule has 0 unspecified atom stereocenters. The molecule has 2 atom stereocenters. The Labute approximate surface area is 191 Å². The van der Waals surface area contributed by atoms with Crippen LogP contribution in [0.15, 0.2) is 42.5 Å². The van der Waals surface area contributed by atoms with Crippen LogP contribution in [0.4, 0.5) is 5.69 Å². The first-order valence-corrected chi connectivity index (χ1v) is 11.0. The molecule has 0 saturated carbocycles. The summed E-state index contributed by atoms with van der Waals surface area (Å²) in [7, 11) is 1.32. The van der Waals surface area contributed by atoms with Gasteiger partial charge >= 0.3 is 5.97 Å². The number of carbonyl (C=O) groups is 2. The summed E-state index contributed by atoms with van der Waals surface area (Å²) >= 11 is 12.7. The maximum atomic E-state index is 13.5. The Morgan fingerprint density at radius 3 is 2.58 bits per heavy atom. The Morgan fingerprint density at radius 1 is 1.10 bits per heavy atom. The van der Waals surface area contributed by atoms with Crippen LogP contribution in [-0.2, 0) is 20.9 Å². The van der Waals surface area contributed by atoms with Crippen molar-refractivity contribution in [3.8, 4) is 5.75 Å². The monoisotopic (exact) mass is 462 g/mol. The second kappa shape index (κ2) is 9.47. The molecular formula is C23H24Cl2N2O4. The Hall–Kier alpha value is -2.28. The van der Waals surface area contributed by atoms with Crippen molar-refractivity contribution in [2.45, 2.75) is 25.5 Å². The molecular weight excluding hydrogens is 439 g/mol. The van der Waals surface area contributed by atoms with E-state index in [9.17, 15) is 9.59 Å². The van der Waals surface area contributed by atoms with E-state index >= 15 is 0 Å². The predicted octanol–water partition coefficient (Wildman–Crippen LogP) is 4.17. The Kier molecular flexibility index (Phi) is 6.70. The van der Waals surface area contributed by atoms with E-state index in [0.29, 0.717) is 34.6 Å². The van der Waals surface area contributed by atoms with Gasteiger partial charge in [-0.25, -0.2) is 4.79 Å². The number of para-hydroxylation sites is 2. The number of carbonyl (C=O) groups excluding carboxylic acids is 2. The summed E-state index contributed by atoms with van der Waals surface area (Å²) in [5.74, 6) is -0.196. The fraction of sp³-hybridized carbons (Fsp3) is 0.391. The number of ether oxygens (including phenoxy) is 2. The number of esters is 1. The molecule has 2 aromatic rings. The molecule has 1 saturated heterocycles. The van der Waals surface area contributed by atoms with E-state index in [0.717, 1.165) is 24.9 Å². The normalized spacial score (nSPS) is 21.2. The minimum atomic E-state index is -0.842. The van der Waals surface area contributed by atoms with Crippen LogP contribution in [0, 0.1) is 5.92 Å². The predicted molar refractivity (Wildman–Crippen MR) is 120 cm³/mol. The number of fused-ring (bicyclic) bond motifs is 1. The number of halogens is 2. The van der Waals surface area contributed by atoms with Gasteiger partial charge in [0.05, 0.1) is 25.3 Å². The van der Waals surface area contributed by atoms with E-state index < -0.39 is 12.1 Å². The lowest BCUT2D eigenvalue weighted by Crippen LogP contribution is -2.51. The lowest BCUT2D eigenvalue weighted by molar-refractivity contribution is -0.148. The van der Waals surface area contributed by atoms with Crippen molar-refractivity contribution in [2.24, 2.45) is 5.92 Å². The lowest BCUT2D eigenvalue weighted by atomic mass is 9.95. The van der Waals surface area contributed by atoms with Crippen molar-refractivity contribution < 1.29 is 19.1 Å². The zero-order valence-corrected chi connectivity index (χ0v) is 18.7. The average Bonchev–Trinajstić information content (AvgIpc) is 2.80. The molecule has 2 aliphatic rings. The van der Waals surface area contributed by atoms with E-state index in [1.165, 1.54) is 7.11 Å². The highest BCUT2D eigenvalue weighted by Crippen LogP contribution is 2.35. The first kappa shape index (κ1) is 21.9. The van der Waals surface area contributed by atoms with Crippen LogP contribution >= 0.6 is 23.2 Å². The summed E-state index contributed by atoms with van der Waals surface area (Å²) in [5, 5.41) is 1.26. The number of rotatable bonds is 4. The highest BCUT2D eigenvalue weighted by Gasteiger charge is 2.38. The molecule has 0 N–H and O–H groups in total. The molecule has 2 aromatic carbocycles. The molecule has 31 heavy (non-hydrogen) atoms. The highest BCUT2D eigenvalue weighted by molar-refractivity contribution is 6.35. The maximum Gasteiger partial charge on any atom is 0.348 e. The van der Waals surface area contributed by atoms with Crippen molar-refractivity contribution in [1.29, 1.82) is 0 Å². The topological polar surface area (TPSA) is 59.1 Å². The summed E-state index contributed by atoms with van der Waals surface area (Å²) in [6, 6.07) is 12.7. The van der Waals surface area contributed by atoms with Gasteiger partial charge in [-0.2, -0.15) is 0 Å². The smallest absolute Gasteiger partial charge is 0.348 e. The Morgan fingerprint density at radius 2 is 1.84 bits per heavy atom. The van der Waals surface area contributed by atoms with Crippen LogP contribution in [0.5, 0.6) is 5.75 Å². The summed E-state index contributed by atoms with van der Waals surface area (Å²) in [6.07, 6.45) is 0.837. The van der Waals surface area contributed by atoms with E-state index in [4.69, 9.17) is 32.7 Å². The molecule has 1 fully saturated rings. The van der Waals surface area contributed by atoms with Gasteiger partial charge in [0.1, 0.15) is 5.75 Å². The second-order valence-electron chi connectivity index (χ2n) is 7.82. The standard InChI is InChI=1S/C23H24Cl2N2O4/c1-30-23(29)21-14-27(19-9-2-3-10-20(19)31-21)22(28)15-6-5-11-26(12-15)13-16-17(24)7-4-8-18(16)25/h2-4,7-10,15,21H,5-6,11-14H2,1H3/t15-,21-/m1/s1. The number of anilines is 1. The van der Waals surface area contributed by atoms with Crippen LogP contribution in [-0.4, -0.2) is 49.6 Å². The number of hydrogen-bond acceptors (Lipinski definition) is 5. The summed E-state index contributed by atoms with van der Waals surface area (Å²) < 4.78 is 10.6. The van der Waals surface area contributed by atoms with Crippen LogP contribution in [0.3, 0.4) is 0 Å². The van der Waals surface area contributed by atoms with Crippen LogP contribution < -0.4 is 9.64 Å². The SMILES string of the molecule is COC(=O)[C@H]1CN(C(=O)[C@@H]2CCCN(Cc3c(Cl)cccc3Cl)C2)c2ccccc2O1. The molecule has 2 heterocycles. The van der Waals surface area contributed by atoms with Crippen LogP contribution in [0.1, 0.15) is 18.4 Å². The van der Waals surface area contributed by atoms with Gasteiger partial charge < -0.3 is 14.4 Å². The minimum absolute atomic E-state index is 0.0143. The van der Waals surface area contributed by atoms with Gasteiger partial charge in [-0.3, -0.25) is 9.69 Å². The average molecular weight is 463 g/mol. The van der Waals surface area contributed by atoms with Gasteiger partial charge in [0, 0.05) is 28.7 Å². The Bertz CT molecular complexity index is 964. The van der Waals surface area contributed by atoms with Crippen molar-refractivity contribution >= 4 is 40.8 Å². The highest BCUT2D eigenvalue weighted by atomic mass is 35.5. The van der Waals surface area contributed by atoms with E-state index in [-0.39, 0.29) is 18.4 Å². The number of hydrogen-bond donors (Lipinski definition) is 0. The number of likely N-dealkylation sites (tertiary alicyclic amines) is 1. The molecule has 8 heteroatoms. The third-order valence-electron chi connectivity index (χ3n) is 5.80. The maximum absolute atomic E-state index is 13.5. The molecule has 2 aliphatic heterocycles. The molecule has 0 spiro atoms. The molecule has 0 radical (unpaired) electrons. The van der Waals surface area contributed by atoms with E-state index in [1.807, 2.05) is 36.4 Å². The first-order chi connectivity index (χ1) is 15.0. The van der Waals surface area contributed by atoms with Gasteiger partial charge in [0.15, 0.2) is 0 Å². The number of nitrogens with zero attached hydrogens (tertiary/aromatic N) is 2. The fourth-order valence-corrected chi connectivity index (χ4v) is 4.74. The zero-order valence-electron chi connectivity index (χ0n) is 17.2. The van der Waals surface area contributed by atoms with Crippen molar-refractivity contribution in [3.63, 3.8) is 0 Å². The summed E-state index contributed by atoms with van der Waals surface area (Å²) in [5.41, 5.74) is 1.56. The van der Waals surface area contributed by atoms with Crippen molar-refractivity contribution in [2.75, 3.05) is 31.6 Å². The largest absolute Gasteiger partial charge is 0.475 e. The summed E-state index contributed by atoms with van der Waals surface area (Å²) in [4.78, 5) is 29.5. The summed E-state index contributed by atoms with van der Waals surface area (Å²) in [6.45, 7) is 2.20. The molecule has 6 nitrogen and oxygen atoms in total. The van der Waals surface area contributed by atoms with E-state index in [1.54, 1.807) is 11.0 Å². The molecule has 4 rings (SSSR count). The number of methoxy groups -OCH3 is 1. The molecule has 0 bridgehead atoms. The fourth-order valence-electron chi connectivity index (χ4n) is 4.23. The van der Waals surface area contributed by atoms with Crippen molar-refractivity contribution in [3.05, 3.63) is 58.1 Å². The molecule has 0 aromatic heterocycles. The lowest BCUT2D eigenvalue weighted by Gasteiger charge is -2.38. The molecule has 1 amide bonds. The van der Waals surface area contributed by atoms with Gasteiger partial charge in [-0.1, -0.05) is 41.4 Å². The third kappa shape index (κ3) is 4.66.